The SMILES string of the molecule is CCCNCCCc1cnn(-c2cccc([N+](=O)[O-])c2)c1. The van der Waals surface area contributed by atoms with Crippen molar-refractivity contribution in [2.24, 2.45) is 0 Å². The van der Waals surface area contributed by atoms with Gasteiger partial charge in [0.05, 0.1) is 16.8 Å². The van der Waals surface area contributed by atoms with Crippen molar-refractivity contribution < 1.29 is 4.92 Å². The summed E-state index contributed by atoms with van der Waals surface area (Å²) in [5.74, 6) is 0. The molecule has 112 valence electrons. The second-order valence-electron chi connectivity index (χ2n) is 4.92. The topological polar surface area (TPSA) is 73.0 Å². The van der Waals surface area contributed by atoms with E-state index in [4.69, 9.17) is 0 Å². The first kappa shape index (κ1) is 15.2. The molecule has 1 aromatic heterocycles. The summed E-state index contributed by atoms with van der Waals surface area (Å²) in [5, 5.41) is 18.4. The van der Waals surface area contributed by atoms with Crippen molar-refractivity contribution in [2.75, 3.05) is 13.1 Å². The maximum Gasteiger partial charge on any atom is 0.271 e. The summed E-state index contributed by atoms with van der Waals surface area (Å²) in [6.45, 7) is 4.19. The number of hydrogen-bond donors (Lipinski definition) is 1. The van der Waals surface area contributed by atoms with Crippen LogP contribution in [0, 0.1) is 10.1 Å². The predicted octanol–water partition coefficient (Wildman–Crippen LogP) is 2.71. The average Bonchev–Trinajstić information content (AvgIpc) is 2.96. The Morgan fingerprint density at radius 1 is 1.38 bits per heavy atom. The molecule has 2 aromatic rings. The fraction of sp³-hybridized carbons (Fsp3) is 0.400. The van der Waals surface area contributed by atoms with Crippen LogP contribution in [0.15, 0.2) is 36.7 Å². The second kappa shape index (κ2) is 7.54. The molecule has 0 saturated heterocycles. The van der Waals surface area contributed by atoms with Crippen molar-refractivity contribution in [1.82, 2.24) is 15.1 Å². The third-order valence-electron chi connectivity index (χ3n) is 3.19. The molecule has 0 bridgehead atoms. The standard InChI is InChI=1S/C15H20N4O2/c1-2-8-16-9-4-5-13-11-17-18(12-13)14-6-3-7-15(10-14)19(20)21/h3,6-7,10-12,16H,2,4-5,8-9H2,1H3. The molecule has 0 aliphatic rings. The molecule has 0 atom stereocenters. The fourth-order valence-corrected chi connectivity index (χ4v) is 2.10. The molecule has 1 N–H and O–H groups in total. The molecule has 0 radical (unpaired) electrons. The molecule has 0 aliphatic carbocycles. The summed E-state index contributed by atoms with van der Waals surface area (Å²) < 4.78 is 1.68. The molecule has 0 unspecified atom stereocenters. The Hall–Kier alpha value is -2.21. The van der Waals surface area contributed by atoms with E-state index in [1.54, 1.807) is 10.7 Å². The Kier molecular flexibility index (Phi) is 5.45. The number of nitro benzene ring substituents is 1. The Balaban J connectivity index is 1.96. The molecule has 0 amide bonds. The lowest BCUT2D eigenvalue weighted by Crippen LogP contribution is -2.16. The molecule has 0 spiro atoms. The third-order valence-corrected chi connectivity index (χ3v) is 3.19. The highest BCUT2D eigenvalue weighted by Gasteiger charge is 2.07. The zero-order valence-electron chi connectivity index (χ0n) is 12.2. The Labute approximate surface area is 123 Å². The molecule has 0 aliphatic heterocycles. The number of nitrogens with zero attached hydrogens (tertiary/aromatic N) is 3. The van der Waals surface area contributed by atoms with E-state index in [2.05, 4.69) is 17.3 Å². The van der Waals surface area contributed by atoms with Gasteiger partial charge in [-0.05, 0) is 44.0 Å². The van der Waals surface area contributed by atoms with E-state index in [1.807, 2.05) is 18.5 Å². The summed E-state index contributed by atoms with van der Waals surface area (Å²) in [6.07, 6.45) is 6.90. The molecule has 0 fully saturated rings. The van der Waals surface area contributed by atoms with Crippen LogP contribution < -0.4 is 5.32 Å². The molecule has 1 aromatic carbocycles. The van der Waals surface area contributed by atoms with Crippen LogP contribution in [0.4, 0.5) is 5.69 Å². The van der Waals surface area contributed by atoms with Gasteiger partial charge in [-0.25, -0.2) is 4.68 Å². The van der Waals surface area contributed by atoms with Gasteiger partial charge in [0.2, 0.25) is 0 Å². The maximum absolute atomic E-state index is 10.8. The van der Waals surface area contributed by atoms with Gasteiger partial charge in [0.25, 0.3) is 5.69 Å². The van der Waals surface area contributed by atoms with Gasteiger partial charge in [-0.3, -0.25) is 10.1 Å². The van der Waals surface area contributed by atoms with Gasteiger partial charge in [0.1, 0.15) is 0 Å². The monoisotopic (exact) mass is 288 g/mol. The van der Waals surface area contributed by atoms with Crippen LogP contribution in [0.25, 0.3) is 5.69 Å². The van der Waals surface area contributed by atoms with Gasteiger partial charge in [-0.1, -0.05) is 13.0 Å². The lowest BCUT2D eigenvalue weighted by molar-refractivity contribution is -0.384. The first-order chi connectivity index (χ1) is 10.2. The minimum atomic E-state index is -0.396. The molecule has 6 nitrogen and oxygen atoms in total. The van der Waals surface area contributed by atoms with Crippen molar-refractivity contribution in [2.45, 2.75) is 26.2 Å². The van der Waals surface area contributed by atoms with E-state index >= 15 is 0 Å². The van der Waals surface area contributed by atoms with Crippen molar-refractivity contribution in [3.8, 4) is 5.69 Å². The molecule has 2 rings (SSSR count). The summed E-state index contributed by atoms with van der Waals surface area (Å²) in [6, 6.07) is 6.49. The second-order valence-corrected chi connectivity index (χ2v) is 4.92. The van der Waals surface area contributed by atoms with E-state index in [-0.39, 0.29) is 5.69 Å². The normalized spacial score (nSPS) is 10.7. The summed E-state index contributed by atoms with van der Waals surface area (Å²) >= 11 is 0. The van der Waals surface area contributed by atoms with Crippen molar-refractivity contribution in [3.63, 3.8) is 0 Å². The molecule has 21 heavy (non-hydrogen) atoms. The van der Waals surface area contributed by atoms with Gasteiger partial charge < -0.3 is 5.32 Å². The van der Waals surface area contributed by atoms with E-state index < -0.39 is 4.92 Å². The lowest BCUT2D eigenvalue weighted by Gasteiger charge is -2.02. The number of nitro groups is 1. The van der Waals surface area contributed by atoms with E-state index in [0.29, 0.717) is 5.69 Å². The maximum atomic E-state index is 10.8. The smallest absolute Gasteiger partial charge is 0.271 e. The highest BCUT2D eigenvalue weighted by Crippen LogP contribution is 2.16. The van der Waals surface area contributed by atoms with Gasteiger partial charge in [0.15, 0.2) is 0 Å². The number of rotatable bonds is 8. The molecular weight excluding hydrogens is 268 g/mol. The summed E-state index contributed by atoms with van der Waals surface area (Å²) in [7, 11) is 0. The fourth-order valence-electron chi connectivity index (χ4n) is 2.10. The number of aromatic nitrogens is 2. The lowest BCUT2D eigenvalue weighted by atomic mass is 10.2. The third kappa shape index (κ3) is 4.39. The quantitative estimate of drug-likeness (QED) is 0.460. The van der Waals surface area contributed by atoms with Crippen molar-refractivity contribution in [3.05, 3.63) is 52.3 Å². The van der Waals surface area contributed by atoms with Gasteiger partial charge >= 0.3 is 0 Å². The molecule has 0 saturated carbocycles. The van der Waals surface area contributed by atoms with E-state index in [0.717, 1.165) is 37.9 Å². The van der Waals surface area contributed by atoms with Crippen LogP contribution in [0.1, 0.15) is 25.3 Å². The zero-order chi connectivity index (χ0) is 15.1. The van der Waals surface area contributed by atoms with Crippen LogP contribution in [0.5, 0.6) is 0 Å². The summed E-state index contributed by atoms with van der Waals surface area (Å²) in [5.41, 5.74) is 1.92. The van der Waals surface area contributed by atoms with Gasteiger partial charge in [-0.15, -0.1) is 0 Å². The van der Waals surface area contributed by atoms with Gasteiger partial charge in [0, 0.05) is 18.3 Å². The highest BCUT2D eigenvalue weighted by molar-refractivity contribution is 5.42. The number of hydrogen-bond acceptors (Lipinski definition) is 4. The molecule has 1 heterocycles. The average molecular weight is 288 g/mol. The number of non-ortho nitro benzene ring substituents is 1. The van der Waals surface area contributed by atoms with Crippen LogP contribution in [0.2, 0.25) is 0 Å². The number of nitrogens with one attached hydrogen (secondary N) is 1. The van der Waals surface area contributed by atoms with Crippen molar-refractivity contribution in [1.29, 1.82) is 0 Å². The Bertz CT molecular complexity index is 595. The molecule has 6 heteroatoms. The molecular formula is C15H20N4O2. The van der Waals surface area contributed by atoms with Crippen LogP contribution in [-0.4, -0.2) is 27.8 Å². The minimum absolute atomic E-state index is 0.0771. The Morgan fingerprint density at radius 2 is 2.24 bits per heavy atom. The van der Waals surface area contributed by atoms with Crippen LogP contribution in [-0.2, 0) is 6.42 Å². The summed E-state index contributed by atoms with van der Waals surface area (Å²) in [4.78, 5) is 10.4. The number of benzene rings is 1. The van der Waals surface area contributed by atoms with E-state index in [9.17, 15) is 10.1 Å². The number of aryl methyl sites for hydroxylation is 1. The minimum Gasteiger partial charge on any atom is -0.317 e. The van der Waals surface area contributed by atoms with Gasteiger partial charge in [-0.2, -0.15) is 5.10 Å². The van der Waals surface area contributed by atoms with Crippen molar-refractivity contribution >= 4 is 5.69 Å². The first-order valence-corrected chi connectivity index (χ1v) is 7.20. The largest absolute Gasteiger partial charge is 0.317 e. The predicted molar refractivity (Wildman–Crippen MR) is 81.7 cm³/mol. The zero-order valence-corrected chi connectivity index (χ0v) is 12.2. The van der Waals surface area contributed by atoms with E-state index in [1.165, 1.54) is 12.1 Å². The highest BCUT2D eigenvalue weighted by atomic mass is 16.6. The van der Waals surface area contributed by atoms with Crippen LogP contribution in [0.3, 0.4) is 0 Å². The van der Waals surface area contributed by atoms with Crippen LogP contribution >= 0.6 is 0 Å². The Morgan fingerprint density at radius 3 is 3.00 bits per heavy atom. The first-order valence-electron chi connectivity index (χ1n) is 7.20.